The Labute approximate surface area is 141 Å². The van der Waals surface area contributed by atoms with Crippen LogP contribution in [0.25, 0.3) is 0 Å². The second-order valence-electron chi connectivity index (χ2n) is 6.43. The van der Waals surface area contributed by atoms with Crippen LogP contribution in [0, 0.1) is 17.7 Å². The molecule has 0 aliphatic heterocycles. The summed E-state index contributed by atoms with van der Waals surface area (Å²) < 4.78 is 13.9. The van der Waals surface area contributed by atoms with Gasteiger partial charge in [0.1, 0.15) is 5.82 Å². The second-order valence-corrected chi connectivity index (χ2v) is 7.45. The highest BCUT2D eigenvalue weighted by molar-refractivity contribution is 8.00. The Balaban J connectivity index is 1.88. The largest absolute Gasteiger partial charge is 0.352 e. The van der Waals surface area contributed by atoms with Gasteiger partial charge in [-0.25, -0.2) is 4.39 Å². The lowest BCUT2D eigenvalue weighted by molar-refractivity contribution is -0.120. The standard InChI is InChI=1S/C18H24FNO2S/c1-11-5-4-6-16(12(11)2)20-18(22)10-23-17-8-7-14(13(3)21)9-15(17)19/h7-9,11-12,16H,4-6,10H2,1-3H3,(H,20,22)/t11-,12+,16+/m0/s1. The maximum absolute atomic E-state index is 13.9. The average molecular weight is 337 g/mol. The molecule has 0 unspecified atom stereocenters. The molecule has 23 heavy (non-hydrogen) atoms. The van der Waals surface area contributed by atoms with Crippen molar-refractivity contribution < 1.29 is 14.0 Å². The molecule has 3 nitrogen and oxygen atoms in total. The van der Waals surface area contributed by atoms with Crippen molar-refractivity contribution in [2.45, 2.75) is 51.0 Å². The number of thioether (sulfide) groups is 1. The van der Waals surface area contributed by atoms with Crippen molar-refractivity contribution in [1.29, 1.82) is 0 Å². The fourth-order valence-corrected chi connectivity index (χ4v) is 3.75. The van der Waals surface area contributed by atoms with Crippen molar-refractivity contribution >= 4 is 23.5 Å². The maximum atomic E-state index is 13.9. The first kappa shape index (κ1) is 18.0. The molecule has 0 heterocycles. The van der Waals surface area contributed by atoms with Gasteiger partial charge in [-0.05, 0) is 37.3 Å². The van der Waals surface area contributed by atoms with Crippen LogP contribution >= 0.6 is 11.8 Å². The average Bonchev–Trinajstić information content (AvgIpc) is 2.50. The molecule has 5 heteroatoms. The van der Waals surface area contributed by atoms with E-state index >= 15 is 0 Å². The number of halogens is 1. The first-order chi connectivity index (χ1) is 10.9. The zero-order valence-electron chi connectivity index (χ0n) is 13.9. The van der Waals surface area contributed by atoms with Crippen LogP contribution in [0.1, 0.15) is 50.4 Å². The predicted octanol–water partition coefficient (Wildman–Crippen LogP) is 4.06. The number of benzene rings is 1. The van der Waals surface area contributed by atoms with Crippen LogP contribution in [-0.4, -0.2) is 23.5 Å². The molecular weight excluding hydrogens is 313 g/mol. The first-order valence-corrected chi connectivity index (χ1v) is 9.09. The van der Waals surface area contributed by atoms with Crippen molar-refractivity contribution in [2.24, 2.45) is 11.8 Å². The molecule has 1 aromatic rings. The summed E-state index contributed by atoms with van der Waals surface area (Å²) in [5.74, 6) is 0.612. The molecule has 0 spiro atoms. The number of ketones is 1. The van der Waals surface area contributed by atoms with Gasteiger partial charge in [-0.15, -0.1) is 11.8 Å². The fourth-order valence-electron chi connectivity index (χ4n) is 3.01. The van der Waals surface area contributed by atoms with E-state index in [1.165, 1.54) is 31.2 Å². The molecule has 3 atom stereocenters. The molecule has 1 amide bonds. The Morgan fingerprint density at radius 2 is 2.04 bits per heavy atom. The molecule has 126 valence electrons. The fraction of sp³-hybridized carbons (Fsp3) is 0.556. The highest BCUT2D eigenvalue weighted by Gasteiger charge is 2.28. The minimum absolute atomic E-state index is 0.0593. The van der Waals surface area contributed by atoms with Crippen LogP contribution in [0.4, 0.5) is 4.39 Å². The van der Waals surface area contributed by atoms with Crippen LogP contribution < -0.4 is 5.32 Å². The maximum Gasteiger partial charge on any atom is 0.230 e. The molecule has 0 radical (unpaired) electrons. The SMILES string of the molecule is CC(=O)c1ccc(SCC(=O)N[C@@H]2CCC[C@H](C)[C@H]2C)c(F)c1. The number of carbonyl (C=O) groups excluding carboxylic acids is 2. The third-order valence-electron chi connectivity index (χ3n) is 4.75. The van der Waals surface area contributed by atoms with Gasteiger partial charge in [-0.2, -0.15) is 0 Å². The summed E-state index contributed by atoms with van der Waals surface area (Å²) in [6, 6.07) is 4.61. The van der Waals surface area contributed by atoms with Gasteiger partial charge in [0.15, 0.2) is 5.78 Å². The molecule has 1 fully saturated rings. The Hall–Kier alpha value is -1.36. The minimum atomic E-state index is -0.449. The van der Waals surface area contributed by atoms with Crippen molar-refractivity contribution in [3.05, 3.63) is 29.6 Å². The molecular formula is C18H24FNO2S. The van der Waals surface area contributed by atoms with Gasteiger partial charge in [-0.3, -0.25) is 9.59 Å². The van der Waals surface area contributed by atoms with E-state index in [9.17, 15) is 14.0 Å². The van der Waals surface area contributed by atoms with Crippen molar-refractivity contribution in [1.82, 2.24) is 5.32 Å². The van der Waals surface area contributed by atoms with Gasteiger partial charge < -0.3 is 5.32 Å². The lowest BCUT2D eigenvalue weighted by Gasteiger charge is -2.34. The summed E-state index contributed by atoms with van der Waals surface area (Å²) in [7, 11) is 0. The molecule has 0 saturated heterocycles. The van der Waals surface area contributed by atoms with Gasteiger partial charge in [0.2, 0.25) is 5.91 Å². The molecule has 1 aromatic carbocycles. The van der Waals surface area contributed by atoms with E-state index in [4.69, 9.17) is 0 Å². The number of nitrogens with one attached hydrogen (secondary N) is 1. The number of amides is 1. The monoisotopic (exact) mass is 337 g/mol. The van der Waals surface area contributed by atoms with Crippen molar-refractivity contribution in [3.8, 4) is 0 Å². The van der Waals surface area contributed by atoms with E-state index in [1.54, 1.807) is 12.1 Å². The first-order valence-electron chi connectivity index (χ1n) is 8.11. The van der Waals surface area contributed by atoms with Crippen molar-refractivity contribution in [2.75, 3.05) is 5.75 Å². The molecule has 1 N–H and O–H groups in total. The Morgan fingerprint density at radius 1 is 1.30 bits per heavy atom. The Morgan fingerprint density at radius 3 is 2.70 bits per heavy atom. The van der Waals surface area contributed by atoms with Gasteiger partial charge in [0, 0.05) is 16.5 Å². The zero-order chi connectivity index (χ0) is 17.0. The van der Waals surface area contributed by atoms with Crippen LogP contribution in [0.2, 0.25) is 0 Å². The van der Waals surface area contributed by atoms with E-state index in [0.717, 1.165) is 12.8 Å². The summed E-state index contributed by atoms with van der Waals surface area (Å²) in [6.07, 6.45) is 3.38. The van der Waals surface area contributed by atoms with E-state index in [1.807, 2.05) is 0 Å². The minimum Gasteiger partial charge on any atom is -0.352 e. The normalized spacial score (nSPS) is 24.3. The number of Topliss-reactive ketones (excluding diaryl/α,β-unsaturated/α-hetero) is 1. The number of hydrogen-bond donors (Lipinski definition) is 1. The zero-order valence-corrected chi connectivity index (χ0v) is 14.7. The number of carbonyl (C=O) groups is 2. The number of rotatable bonds is 5. The topological polar surface area (TPSA) is 46.2 Å². The van der Waals surface area contributed by atoms with Crippen LogP contribution in [0.15, 0.2) is 23.1 Å². The molecule has 2 rings (SSSR count). The van der Waals surface area contributed by atoms with E-state index in [-0.39, 0.29) is 23.5 Å². The Bertz CT molecular complexity index is 590. The quantitative estimate of drug-likeness (QED) is 0.651. The van der Waals surface area contributed by atoms with Gasteiger partial charge >= 0.3 is 0 Å². The summed E-state index contributed by atoms with van der Waals surface area (Å²) >= 11 is 1.17. The predicted molar refractivity (Wildman–Crippen MR) is 91.2 cm³/mol. The molecule has 1 aliphatic rings. The van der Waals surface area contributed by atoms with Crippen molar-refractivity contribution in [3.63, 3.8) is 0 Å². The smallest absolute Gasteiger partial charge is 0.230 e. The molecule has 0 aromatic heterocycles. The van der Waals surface area contributed by atoms with Crippen LogP contribution in [-0.2, 0) is 4.79 Å². The van der Waals surface area contributed by atoms with Gasteiger partial charge in [0.25, 0.3) is 0 Å². The lowest BCUT2D eigenvalue weighted by atomic mass is 9.78. The third kappa shape index (κ3) is 4.80. The molecule has 1 aliphatic carbocycles. The highest BCUT2D eigenvalue weighted by atomic mass is 32.2. The van der Waals surface area contributed by atoms with E-state index in [0.29, 0.717) is 22.3 Å². The van der Waals surface area contributed by atoms with Gasteiger partial charge in [0.05, 0.1) is 5.75 Å². The number of hydrogen-bond acceptors (Lipinski definition) is 3. The third-order valence-corrected chi connectivity index (χ3v) is 5.80. The van der Waals surface area contributed by atoms with E-state index < -0.39 is 5.82 Å². The van der Waals surface area contributed by atoms with Crippen LogP contribution in [0.5, 0.6) is 0 Å². The lowest BCUT2D eigenvalue weighted by Crippen LogP contribution is -2.44. The molecule has 1 saturated carbocycles. The summed E-state index contributed by atoms with van der Waals surface area (Å²) in [5, 5.41) is 3.08. The second kappa shape index (κ2) is 7.95. The highest BCUT2D eigenvalue weighted by Crippen LogP contribution is 2.29. The summed E-state index contributed by atoms with van der Waals surface area (Å²) in [4.78, 5) is 23.7. The van der Waals surface area contributed by atoms with Crippen LogP contribution in [0.3, 0.4) is 0 Å². The summed E-state index contributed by atoms with van der Waals surface area (Å²) in [5.41, 5.74) is 0.348. The molecule has 0 bridgehead atoms. The summed E-state index contributed by atoms with van der Waals surface area (Å²) in [6.45, 7) is 5.81. The van der Waals surface area contributed by atoms with E-state index in [2.05, 4.69) is 19.2 Å². The Kier molecular flexibility index (Phi) is 6.22. The van der Waals surface area contributed by atoms with Gasteiger partial charge in [-0.1, -0.05) is 32.8 Å².